The van der Waals surface area contributed by atoms with Gasteiger partial charge in [0.2, 0.25) is 0 Å². The number of benzene rings is 2. The first-order valence-corrected chi connectivity index (χ1v) is 18.5. The number of rotatable bonds is 7. The van der Waals surface area contributed by atoms with Crippen LogP contribution >= 0.6 is 11.6 Å². The Morgan fingerprint density at radius 3 is 2.53 bits per heavy atom. The van der Waals surface area contributed by atoms with Crippen LogP contribution in [-0.4, -0.2) is 104 Å². The minimum atomic E-state index is -4.29. The molecule has 1 amide bonds. The maximum Gasteiger partial charge on any atom is 0.487 e. The van der Waals surface area contributed by atoms with Crippen LogP contribution in [0.1, 0.15) is 64.1 Å². The number of carbonyl (C=O) groups is 1. The van der Waals surface area contributed by atoms with E-state index in [4.69, 9.17) is 25.8 Å². The van der Waals surface area contributed by atoms with E-state index in [0.29, 0.717) is 25.8 Å². The molecule has 4 fully saturated rings. The van der Waals surface area contributed by atoms with Gasteiger partial charge in [-0.25, -0.2) is 18.0 Å². The average molecular weight is 789 g/mol. The summed E-state index contributed by atoms with van der Waals surface area (Å²) in [5.41, 5.74) is -7.56. The Hall–Kier alpha value is -4.69. The van der Waals surface area contributed by atoms with Crippen LogP contribution in [-0.2, 0) is 4.74 Å². The zero-order valence-corrected chi connectivity index (χ0v) is 31.2. The molecule has 55 heavy (non-hydrogen) atoms. The number of anilines is 1. The van der Waals surface area contributed by atoms with E-state index in [2.05, 4.69) is 20.2 Å². The molecule has 2 aromatic carbocycles. The predicted molar refractivity (Wildman–Crippen MR) is 191 cm³/mol. The molecule has 4 saturated heterocycles. The normalized spacial score (nSPS) is 24.1. The van der Waals surface area contributed by atoms with Gasteiger partial charge in [0.15, 0.2) is 11.5 Å². The third-order valence-corrected chi connectivity index (χ3v) is 11.1. The molecule has 4 atom stereocenters. The van der Waals surface area contributed by atoms with Gasteiger partial charge in [0.1, 0.15) is 47.4 Å². The number of hydrogen-bond acceptors (Lipinski definition) is 10. The van der Waals surface area contributed by atoms with Crippen molar-refractivity contribution in [3.8, 4) is 29.0 Å². The van der Waals surface area contributed by atoms with Crippen LogP contribution in [0, 0.1) is 29.9 Å². The van der Waals surface area contributed by atoms with E-state index in [1.807, 2.05) is 15.9 Å². The molecule has 4 aliphatic rings. The number of fused-ring (bicyclic) bond motifs is 5. The average Bonchev–Trinajstić information content (AvgIpc) is 3.83. The van der Waals surface area contributed by atoms with Gasteiger partial charge in [0.05, 0.1) is 28.7 Å². The SMILES string of the molecule is Cc1cc2[nH]nc(C#N)c2c(-c2c(F)cc3c(N4C[C@H]5CC[C@@H](C4)N5C(=O)OC(C)(C)C)nc(OC[C@@]45CCCN4C[C@H](F)C5)nc3c2F)c1OC(F)(F)Cl. The molecule has 0 spiro atoms. The molecule has 1 N–H and O–H groups in total. The molecule has 18 heteroatoms. The van der Waals surface area contributed by atoms with Crippen molar-refractivity contribution in [3.63, 3.8) is 0 Å². The van der Waals surface area contributed by atoms with E-state index >= 15 is 8.78 Å². The fraction of sp³-hybridized carbons (Fsp3) is 0.541. The van der Waals surface area contributed by atoms with Crippen LogP contribution in [0.15, 0.2) is 12.1 Å². The lowest BCUT2D eigenvalue weighted by molar-refractivity contribution is -0.0964. The summed E-state index contributed by atoms with van der Waals surface area (Å²) in [6.45, 7) is 8.19. The minimum Gasteiger partial charge on any atom is -0.461 e. The van der Waals surface area contributed by atoms with Gasteiger partial charge in [-0.1, -0.05) is 0 Å². The Labute approximate surface area is 317 Å². The summed E-state index contributed by atoms with van der Waals surface area (Å²) < 4.78 is 93.9. The van der Waals surface area contributed by atoms with Gasteiger partial charge in [-0.2, -0.15) is 20.3 Å². The summed E-state index contributed by atoms with van der Waals surface area (Å²) in [6, 6.07) is 3.31. The summed E-state index contributed by atoms with van der Waals surface area (Å²) in [4.78, 5) is 27.9. The summed E-state index contributed by atoms with van der Waals surface area (Å²) in [7, 11) is 0. The topological polar surface area (TPSA) is 133 Å². The molecule has 0 unspecified atom stereocenters. The molecule has 0 radical (unpaired) electrons. The van der Waals surface area contributed by atoms with Gasteiger partial charge in [0, 0.05) is 54.0 Å². The van der Waals surface area contributed by atoms with Gasteiger partial charge >= 0.3 is 17.7 Å². The highest BCUT2D eigenvalue weighted by molar-refractivity contribution is 6.21. The predicted octanol–water partition coefficient (Wildman–Crippen LogP) is 7.34. The highest BCUT2D eigenvalue weighted by atomic mass is 35.5. The third-order valence-electron chi connectivity index (χ3n) is 11.0. The number of aryl methyl sites for hydroxylation is 1. The number of carbonyl (C=O) groups excluding carboxylic acids is 1. The Bertz CT molecular complexity index is 2240. The van der Waals surface area contributed by atoms with Gasteiger partial charge in [-0.15, -0.1) is 8.78 Å². The third kappa shape index (κ3) is 6.60. The van der Waals surface area contributed by atoms with E-state index in [0.717, 1.165) is 12.5 Å². The van der Waals surface area contributed by atoms with Crippen molar-refractivity contribution in [2.75, 3.05) is 37.7 Å². The van der Waals surface area contributed by atoms with Crippen LogP contribution < -0.4 is 14.4 Å². The van der Waals surface area contributed by atoms with Crippen molar-refractivity contribution < 1.29 is 41.0 Å². The van der Waals surface area contributed by atoms with Gasteiger partial charge in [0.25, 0.3) is 0 Å². The lowest BCUT2D eigenvalue weighted by Gasteiger charge is -2.42. The molecule has 292 valence electrons. The molecule has 6 heterocycles. The van der Waals surface area contributed by atoms with Crippen molar-refractivity contribution >= 4 is 45.3 Å². The number of aromatic amines is 1. The first-order valence-electron chi connectivity index (χ1n) is 18.1. The number of nitrogens with zero attached hydrogens (tertiary/aromatic N) is 7. The van der Waals surface area contributed by atoms with Gasteiger partial charge < -0.3 is 19.1 Å². The van der Waals surface area contributed by atoms with Crippen molar-refractivity contribution in [2.45, 2.75) is 94.8 Å². The van der Waals surface area contributed by atoms with E-state index < -0.39 is 63.0 Å². The standard InChI is InChI=1S/C37H38ClF5N8O4/c1-18-10-24-27(25(13-44)48-47-24)28(31(18)54-37(38,42)43)26-23(40)11-22-30(29(26)41)45-33(53-17-36-8-5-9-50(36)14-19(39)12-36)46-32(22)49-15-20-6-7-21(16-49)51(20)34(52)55-35(2,3)4/h10-11,19-21H,5-9,12,14-17H2,1-4H3,(H,47,48)/t19-,20-,21+,36+/m1/s1. The number of H-pyrrole nitrogens is 1. The number of nitriles is 1. The number of amides is 1. The largest absolute Gasteiger partial charge is 0.487 e. The quantitative estimate of drug-likeness (QED) is 0.150. The van der Waals surface area contributed by atoms with E-state index in [1.165, 1.54) is 13.0 Å². The monoisotopic (exact) mass is 788 g/mol. The summed E-state index contributed by atoms with van der Waals surface area (Å²) in [5.74, 6) is -3.02. The van der Waals surface area contributed by atoms with Crippen LogP contribution in [0.3, 0.4) is 0 Å². The fourth-order valence-electron chi connectivity index (χ4n) is 8.90. The molecule has 12 nitrogen and oxygen atoms in total. The minimum absolute atomic E-state index is 0.00749. The Balaban J connectivity index is 1.28. The maximum absolute atomic E-state index is 17.3. The Morgan fingerprint density at radius 1 is 1.13 bits per heavy atom. The zero-order valence-electron chi connectivity index (χ0n) is 30.5. The van der Waals surface area contributed by atoms with Crippen molar-refractivity contribution in [3.05, 3.63) is 35.0 Å². The number of ether oxygens (including phenoxy) is 3. The first-order chi connectivity index (χ1) is 25.9. The highest BCUT2D eigenvalue weighted by Crippen LogP contribution is 2.47. The smallest absolute Gasteiger partial charge is 0.461 e. The van der Waals surface area contributed by atoms with Crippen molar-refractivity contribution in [1.29, 1.82) is 5.26 Å². The second-order valence-electron chi connectivity index (χ2n) is 15.9. The van der Waals surface area contributed by atoms with Crippen molar-refractivity contribution in [1.82, 2.24) is 30.0 Å². The Kier molecular flexibility index (Phi) is 8.95. The number of aromatic nitrogens is 4. The molecule has 0 saturated carbocycles. The Morgan fingerprint density at radius 2 is 1.85 bits per heavy atom. The van der Waals surface area contributed by atoms with Crippen molar-refractivity contribution in [2.24, 2.45) is 0 Å². The summed E-state index contributed by atoms with van der Waals surface area (Å²) >= 11 is 5.19. The number of nitrogens with one attached hydrogen (secondary N) is 1. The number of piperazine rings is 1. The lowest BCUT2D eigenvalue weighted by Crippen LogP contribution is -2.57. The fourth-order valence-corrected chi connectivity index (χ4v) is 8.98. The second kappa shape index (κ2) is 13.2. The van der Waals surface area contributed by atoms with Crippen LogP contribution in [0.2, 0.25) is 0 Å². The molecular weight excluding hydrogens is 751 g/mol. The molecule has 0 aliphatic carbocycles. The highest BCUT2D eigenvalue weighted by Gasteiger charge is 2.50. The van der Waals surface area contributed by atoms with Crippen LogP contribution in [0.5, 0.6) is 11.8 Å². The van der Waals surface area contributed by atoms with Gasteiger partial charge in [-0.05, 0) is 77.6 Å². The second-order valence-corrected chi connectivity index (χ2v) is 16.3. The molecule has 2 aromatic heterocycles. The summed E-state index contributed by atoms with van der Waals surface area (Å²) in [5, 5.41) is 16.2. The number of hydrogen-bond donors (Lipinski definition) is 1. The number of alkyl halides is 4. The van der Waals surface area contributed by atoms with Crippen LogP contribution in [0.4, 0.5) is 32.6 Å². The van der Waals surface area contributed by atoms with E-state index in [9.17, 15) is 23.2 Å². The molecule has 4 aliphatic heterocycles. The van der Waals surface area contributed by atoms with Crippen LogP contribution in [0.25, 0.3) is 32.9 Å². The van der Waals surface area contributed by atoms with E-state index in [-0.39, 0.29) is 84.1 Å². The summed E-state index contributed by atoms with van der Waals surface area (Å²) in [6.07, 6.45) is 1.59. The molecular formula is C37H38ClF5N8O4. The molecule has 4 aromatic rings. The maximum atomic E-state index is 17.3. The number of halogens is 6. The van der Waals surface area contributed by atoms with Gasteiger partial charge in [-0.3, -0.25) is 14.9 Å². The molecule has 2 bridgehead atoms. The molecule has 8 rings (SSSR count). The first kappa shape index (κ1) is 37.2. The lowest BCUT2D eigenvalue weighted by atomic mass is 9.94. The zero-order chi connectivity index (χ0) is 39.2. The van der Waals surface area contributed by atoms with E-state index in [1.54, 1.807) is 25.7 Å².